The van der Waals surface area contributed by atoms with Gasteiger partial charge in [0.25, 0.3) is 0 Å². The first kappa shape index (κ1) is 11.6. The summed E-state index contributed by atoms with van der Waals surface area (Å²) in [7, 11) is 7.05. The number of nitrogens with two attached hydrogens (primary N) is 1. The van der Waals surface area contributed by atoms with Crippen molar-refractivity contribution >= 4 is 15.3 Å². The first-order valence-corrected chi connectivity index (χ1v) is 3.10. The maximum atomic E-state index is 12.4. The van der Waals surface area contributed by atoms with E-state index in [1.54, 1.807) is 0 Å². The van der Waals surface area contributed by atoms with Crippen LogP contribution >= 0.6 is 0 Å². The predicted octanol–water partition coefficient (Wildman–Crippen LogP) is -0.586. The first-order valence-electron chi connectivity index (χ1n) is 3.10. The van der Waals surface area contributed by atoms with Gasteiger partial charge < -0.3 is 9.49 Å². The fourth-order valence-corrected chi connectivity index (χ4v) is 0.389. The SMILES string of the molecule is [B]/C(F)=C(\[B]ON)C#CC#COC. The summed E-state index contributed by atoms with van der Waals surface area (Å²) in [5.74, 6) is 11.5. The highest BCUT2D eigenvalue weighted by atomic mass is 19.1. The van der Waals surface area contributed by atoms with E-state index in [2.05, 4.69) is 39.3 Å². The molecular formula is C7H5B2FNO2. The summed E-state index contributed by atoms with van der Waals surface area (Å²) in [4.78, 5) is 0. The molecule has 0 rings (SSSR count). The van der Waals surface area contributed by atoms with Crippen LogP contribution in [0.5, 0.6) is 0 Å². The molecule has 3 radical (unpaired) electrons. The lowest BCUT2D eigenvalue weighted by atomic mass is 9.82. The molecule has 3 nitrogen and oxygen atoms in total. The van der Waals surface area contributed by atoms with E-state index in [9.17, 15) is 4.39 Å². The number of rotatable bonds is 2. The maximum absolute atomic E-state index is 12.4. The van der Waals surface area contributed by atoms with E-state index < -0.39 is 5.73 Å². The van der Waals surface area contributed by atoms with Crippen LogP contribution in [-0.4, -0.2) is 22.4 Å². The van der Waals surface area contributed by atoms with Crippen LogP contribution in [-0.2, 0) is 9.49 Å². The third kappa shape index (κ3) is 5.86. The van der Waals surface area contributed by atoms with E-state index in [-0.39, 0.29) is 5.47 Å². The predicted molar refractivity (Wildman–Crippen MR) is 47.5 cm³/mol. The van der Waals surface area contributed by atoms with Crippen molar-refractivity contribution in [2.45, 2.75) is 0 Å². The molecule has 0 spiro atoms. The van der Waals surface area contributed by atoms with Crippen molar-refractivity contribution < 1.29 is 13.9 Å². The number of halogens is 1. The Labute approximate surface area is 78.1 Å². The van der Waals surface area contributed by atoms with Crippen LogP contribution in [0.3, 0.4) is 0 Å². The van der Waals surface area contributed by atoms with Gasteiger partial charge in [-0.25, -0.2) is 10.3 Å². The van der Waals surface area contributed by atoms with Crippen molar-refractivity contribution in [3.05, 3.63) is 11.2 Å². The van der Waals surface area contributed by atoms with E-state index in [0.717, 1.165) is 7.48 Å². The van der Waals surface area contributed by atoms with Gasteiger partial charge in [0.2, 0.25) is 0 Å². The van der Waals surface area contributed by atoms with E-state index in [1.807, 2.05) is 0 Å². The highest BCUT2D eigenvalue weighted by molar-refractivity contribution is 6.43. The Morgan fingerprint density at radius 1 is 1.54 bits per heavy atom. The standard InChI is InChI=1S/C7H5B2FNO2/c1-12-5-3-2-4-6(7(8)10)9-13-11/h11H2,1H3/b7-6+. The summed E-state index contributed by atoms with van der Waals surface area (Å²) in [5, 5.41) is 0. The van der Waals surface area contributed by atoms with Gasteiger partial charge in [0.15, 0.2) is 7.85 Å². The Bertz CT molecular complexity index is 304. The van der Waals surface area contributed by atoms with Crippen molar-refractivity contribution in [2.24, 2.45) is 5.90 Å². The Morgan fingerprint density at radius 3 is 2.69 bits per heavy atom. The van der Waals surface area contributed by atoms with Gasteiger partial charge in [0.05, 0.1) is 7.11 Å². The fourth-order valence-electron chi connectivity index (χ4n) is 0.389. The molecule has 2 N–H and O–H groups in total. The third-order valence-electron chi connectivity index (χ3n) is 0.856. The van der Waals surface area contributed by atoms with Crippen LogP contribution in [0.15, 0.2) is 11.2 Å². The van der Waals surface area contributed by atoms with Gasteiger partial charge in [-0.2, -0.15) is 0 Å². The molecule has 0 aromatic carbocycles. The molecule has 63 valence electrons. The van der Waals surface area contributed by atoms with Crippen molar-refractivity contribution in [3.63, 3.8) is 0 Å². The van der Waals surface area contributed by atoms with Crippen molar-refractivity contribution in [3.8, 4) is 23.9 Å². The molecule has 0 atom stereocenters. The molecule has 0 aliphatic heterocycles. The second-order valence-electron chi connectivity index (χ2n) is 1.70. The molecule has 0 saturated carbocycles. The van der Waals surface area contributed by atoms with Crippen LogP contribution in [0.1, 0.15) is 0 Å². The highest BCUT2D eigenvalue weighted by Crippen LogP contribution is 1.98. The van der Waals surface area contributed by atoms with Gasteiger partial charge in [-0.05, 0) is 5.92 Å². The van der Waals surface area contributed by atoms with Gasteiger partial charge in [-0.15, -0.1) is 0 Å². The number of hydrogen-bond acceptors (Lipinski definition) is 3. The summed E-state index contributed by atoms with van der Waals surface area (Å²) in [6, 6.07) is 0. The van der Waals surface area contributed by atoms with Crippen molar-refractivity contribution in [1.82, 2.24) is 0 Å². The molecule has 0 aromatic rings. The van der Waals surface area contributed by atoms with Crippen LogP contribution in [0.2, 0.25) is 0 Å². The molecule has 0 amide bonds. The molecular weight excluding hydrogens is 171 g/mol. The summed E-state index contributed by atoms with van der Waals surface area (Å²) in [5.41, 5.74) is -1.16. The minimum Gasteiger partial charge on any atom is -0.449 e. The minimum absolute atomic E-state index is 0.173. The molecule has 0 aliphatic carbocycles. The Kier molecular flexibility index (Phi) is 6.53. The lowest BCUT2D eigenvalue weighted by Gasteiger charge is -1.93. The van der Waals surface area contributed by atoms with E-state index >= 15 is 0 Å². The third-order valence-corrected chi connectivity index (χ3v) is 0.856. The number of ether oxygens (including phenoxy) is 1. The molecule has 0 aromatic heterocycles. The van der Waals surface area contributed by atoms with Gasteiger partial charge in [-0.3, -0.25) is 0 Å². The van der Waals surface area contributed by atoms with E-state index in [4.69, 9.17) is 7.85 Å². The summed E-state index contributed by atoms with van der Waals surface area (Å²) in [6.07, 6.45) is 2.19. The second kappa shape index (κ2) is 7.30. The van der Waals surface area contributed by atoms with Crippen LogP contribution in [0, 0.1) is 23.9 Å². The minimum atomic E-state index is -0.989. The molecule has 0 heterocycles. The molecule has 0 unspecified atom stereocenters. The summed E-state index contributed by atoms with van der Waals surface area (Å²) < 4.78 is 20.8. The molecule has 0 fully saturated rings. The quantitative estimate of drug-likeness (QED) is 0.347. The Hall–Kier alpha value is -1.36. The molecule has 0 bridgehead atoms. The average molecular weight is 176 g/mol. The Balaban J connectivity index is 4.41. The summed E-state index contributed by atoms with van der Waals surface area (Å²) in [6.45, 7) is 0. The Morgan fingerprint density at radius 2 is 2.23 bits per heavy atom. The van der Waals surface area contributed by atoms with E-state index in [0.29, 0.717) is 0 Å². The monoisotopic (exact) mass is 176 g/mol. The van der Waals surface area contributed by atoms with E-state index in [1.165, 1.54) is 7.11 Å². The van der Waals surface area contributed by atoms with Crippen molar-refractivity contribution in [1.29, 1.82) is 0 Å². The zero-order valence-electron chi connectivity index (χ0n) is 6.93. The first-order chi connectivity index (χ1) is 6.22. The maximum Gasteiger partial charge on any atom is 0.371 e. The average Bonchev–Trinajstić information content (AvgIpc) is 2.10. The zero-order valence-corrected chi connectivity index (χ0v) is 6.93. The van der Waals surface area contributed by atoms with Crippen LogP contribution < -0.4 is 5.90 Å². The van der Waals surface area contributed by atoms with Gasteiger partial charge in [-0.1, -0.05) is 5.92 Å². The zero-order chi connectivity index (χ0) is 10.1. The molecule has 13 heavy (non-hydrogen) atoms. The normalized spacial score (nSPS) is 9.77. The lowest BCUT2D eigenvalue weighted by Crippen LogP contribution is -2.08. The number of hydrogen-bond donors (Lipinski definition) is 1. The smallest absolute Gasteiger partial charge is 0.371 e. The molecule has 0 saturated heterocycles. The van der Waals surface area contributed by atoms with Crippen LogP contribution in [0.4, 0.5) is 4.39 Å². The highest BCUT2D eigenvalue weighted by Gasteiger charge is 2.00. The van der Waals surface area contributed by atoms with Gasteiger partial charge in [0, 0.05) is 17.1 Å². The summed E-state index contributed by atoms with van der Waals surface area (Å²) >= 11 is 0. The number of allylic oxidation sites excluding steroid dienone is 1. The van der Waals surface area contributed by atoms with Gasteiger partial charge in [0.1, 0.15) is 6.11 Å². The lowest BCUT2D eigenvalue weighted by molar-refractivity contribution is 0.360. The van der Waals surface area contributed by atoms with Crippen molar-refractivity contribution in [2.75, 3.05) is 7.11 Å². The topological polar surface area (TPSA) is 44.5 Å². The van der Waals surface area contributed by atoms with Crippen LogP contribution in [0.25, 0.3) is 0 Å². The number of methoxy groups -OCH3 is 1. The largest absolute Gasteiger partial charge is 0.449 e. The van der Waals surface area contributed by atoms with Gasteiger partial charge >= 0.3 is 7.48 Å². The second-order valence-corrected chi connectivity index (χ2v) is 1.70. The molecule has 0 aliphatic rings. The fraction of sp³-hybridized carbons (Fsp3) is 0.143. The molecule has 6 heteroatoms.